The van der Waals surface area contributed by atoms with E-state index in [1.165, 1.54) is 15.3 Å². The zero-order valence-electron chi connectivity index (χ0n) is 14.5. The van der Waals surface area contributed by atoms with E-state index < -0.39 is 10.0 Å². The summed E-state index contributed by atoms with van der Waals surface area (Å²) in [7, 11) is -1.85. The molecule has 1 aliphatic heterocycles. The molecule has 3 heterocycles. The number of sulfonamides is 1. The van der Waals surface area contributed by atoms with Crippen LogP contribution in [0.15, 0.2) is 47.9 Å². The molecule has 0 bridgehead atoms. The van der Waals surface area contributed by atoms with Gasteiger partial charge in [0.2, 0.25) is 10.0 Å². The van der Waals surface area contributed by atoms with Crippen molar-refractivity contribution in [2.75, 3.05) is 19.6 Å². The van der Waals surface area contributed by atoms with E-state index in [-0.39, 0.29) is 23.3 Å². The minimum atomic E-state index is -3.71. The third-order valence-corrected chi connectivity index (χ3v) is 6.29. The van der Waals surface area contributed by atoms with Crippen LogP contribution in [-0.2, 0) is 17.1 Å². The Morgan fingerprint density at radius 2 is 2.15 bits per heavy atom. The Labute approximate surface area is 162 Å². The quantitative estimate of drug-likeness (QED) is 0.651. The lowest BCUT2D eigenvalue weighted by Gasteiger charge is -2.34. The fourth-order valence-electron chi connectivity index (χ4n) is 3.09. The lowest BCUT2D eigenvalue weighted by Crippen LogP contribution is -2.49. The first-order valence-corrected chi connectivity index (χ1v) is 9.54. The molecule has 1 unspecified atom stereocenters. The fraction of sp³-hybridized carbons (Fsp3) is 0.333. The summed E-state index contributed by atoms with van der Waals surface area (Å²) in [6.45, 7) is 1.47. The Morgan fingerprint density at radius 1 is 1.30 bits per heavy atom. The van der Waals surface area contributed by atoms with Gasteiger partial charge in [-0.05, 0) is 28.6 Å². The first-order valence-electron chi connectivity index (χ1n) is 8.10. The second-order valence-electron chi connectivity index (χ2n) is 5.98. The van der Waals surface area contributed by atoms with Gasteiger partial charge in [-0.2, -0.15) is 4.31 Å². The maximum absolute atomic E-state index is 13.3. The average Bonchev–Trinajstić information content (AvgIpc) is 3.33. The van der Waals surface area contributed by atoms with E-state index in [0.717, 1.165) is 0 Å². The van der Waals surface area contributed by atoms with Crippen LogP contribution in [0.2, 0.25) is 0 Å². The molecule has 3 aromatic rings. The Hall–Kier alpha value is -2.34. The largest absolute Gasteiger partial charge is 0.337 e. The first kappa shape index (κ1) is 19.4. The number of halogens is 1. The normalized spacial score (nSPS) is 18.2. The standard InChI is InChI=1S/C15H18N8O2S.ClH/c1-21-7-6-17-15(21)14-10-16-5-8-23(14)26(24,25)13-4-2-3-12(9-13)22-11-18-19-20-22;/h2-4,6-7,9,11,14,16H,5,8,10H2,1H3;1H. The predicted molar refractivity (Wildman–Crippen MR) is 99.1 cm³/mol. The van der Waals surface area contributed by atoms with Crippen molar-refractivity contribution in [2.24, 2.45) is 7.05 Å². The van der Waals surface area contributed by atoms with Gasteiger partial charge in [-0.3, -0.25) is 0 Å². The number of tetrazole rings is 1. The summed E-state index contributed by atoms with van der Waals surface area (Å²) in [6.07, 6.45) is 4.91. The molecule has 0 spiro atoms. The molecular formula is C15H19ClN8O2S. The van der Waals surface area contributed by atoms with E-state index in [1.807, 2.05) is 17.8 Å². The molecular weight excluding hydrogens is 392 g/mol. The van der Waals surface area contributed by atoms with Crippen molar-refractivity contribution in [3.05, 3.63) is 48.8 Å². The lowest BCUT2D eigenvalue weighted by molar-refractivity contribution is 0.258. The van der Waals surface area contributed by atoms with Gasteiger partial charge in [-0.25, -0.2) is 18.1 Å². The summed E-state index contributed by atoms with van der Waals surface area (Å²) in [5, 5.41) is 14.2. The number of rotatable bonds is 4. The first-order chi connectivity index (χ1) is 12.6. The predicted octanol–water partition coefficient (Wildman–Crippen LogP) is 0.153. The molecule has 0 aliphatic carbocycles. The number of nitrogens with one attached hydrogen (secondary N) is 1. The SMILES string of the molecule is Cl.Cn1ccnc1C1CNCCN1S(=O)(=O)c1cccc(-n2cnnn2)c1. The molecule has 0 radical (unpaired) electrons. The second-order valence-corrected chi connectivity index (χ2v) is 7.87. The summed E-state index contributed by atoms with van der Waals surface area (Å²) in [5.74, 6) is 0.706. The second kappa shape index (κ2) is 7.72. The summed E-state index contributed by atoms with van der Waals surface area (Å²) < 4.78 is 31.4. The highest BCUT2D eigenvalue weighted by Gasteiger charge is 2.36. The number of imidazole rings is 1. The molecule has 1 aromatic carbocycles. The van der Waals surface area contributed by atoms with Crippen LogP contribution in [-0.4, -0.2) is 62.1 Å². The van der Waals surface area contributed by atoms with E-state index in [9.17, 15) is 8.42 Å². The number of benzene rings is 1. The van der Waals surface area contributed by atoms with Crippen LogP contribution < -0.4 is 5.32 Å². The van der Waals surface area contributed by atoms with Gasteiger partial charge < -0.3 is 9.88 Å². The average molecular weight is 411 g/mol. The summed E-state index contributed by atoms with van der Waals surface area (Å²) in [6, 6.07) is 6.22. The number of nitrogens with zero attached hydrogens (tertiary/aromatic N) is 7. The summed E-state index contributed by atoms with van der Waals surface area (Å²) in [5.41, 5.74) is 0.583. The molecule has 10 nitrogen and oxygen atoms in total. The third kappa shape index (κ3) is 3.58. The molecule has 144 valence electrons. The van der Waals surface area contributed by atoms with Crippen molar-refractivity contribution in [3.8, 4) is 5.69 Å². The number of hydrogen-bond acceptors (Lipinski definition) is 7. The van der Waals surface area contributed by atoms with Crippen molar-refractivity contribution < 1.29 is 8.42 Å². The van der Waals surface area contributed by atoms with Crippen molar-refractivity contribution >= 4 is 22.4 Å². The van der Waals surface area contributed by atoms with Crippen LogP contribution in [0.4, 0.5) is 0 Å². The van der Waals surface area contributed by atoms with Gasteiger partial charge in [0, 0.05) is 39.1 Å². The molecule has 0 amide bonds. The number of piperazine rings is 1. The van der Waals surface area contributed by atoms with Gasteiger partial charge in [-0.15, -0.1) is 17.5 Å². The molecule has 4 rings (SSSR count). The molecule has 1 N–H and O–H groups in total. The smallest absolute Gasteiger partial charge is 0.243 e. The molecule has 1 atom stereocenters. The maximum Gasteiger partial charge on any atom is 0.243 e. The van der Waals surface area contributed by atoms with Gasteiger partial charge in [0.05, 0.1) is 16.6 Å². The Balaban J connectivity index is 0.00000210. The van der Waals surface area contributed by atoms with Gasteiger partial charge in [0.25, 0.3) is 0 Å². The molecule has 1 saturated heterocycles. The molecule has 0 saturated carbocycles. The number of aryl methyl sites for hydroxylation is 1. The van der Waals surface area contributed by atoms with E-state index in [4.69, 9.17) is 0 Å². The lowest BCUT2D eigenvalue weighted by atomic mass is 10.2. The molecule has 1 fully saturated rings. The number of hydrogen-bond donors (Lipinski definition) is 1. The summed E-state index contributed by atoms with van der Waals surface area (Å²) in [4.78, 5) is 4.54. The zero-order chi connectivity index (χ0) is 18.1. The highest BCUT2D eigenvalue weighted by molar-refractivity contribution is 7.89. The topological polar surface area (TPSA) is 111 Å². The third-order valence-electron chi connectivity index (χ3n) is 4.39. The summed E-state index contributed by atoms with van der Waals surface area (Å²) >= 11 is 0. The van der Waals surface area contributed by atoms with Crippen LogP contribution >= 0.6 is 12.4 Å². The van der Waals surface area contributed by atoms with Crippen molar-refractivity contribution in [3.63, 3.8) is 0 Å². The van der Waals surface area contributed by atoms with Gasteiger partial charge >= 0.3 is 0 Å². The van der Waals surface area contributed by atoms with Crippen LogP contribution in [0.5, 0.6) is 0 Å². The molecule has 1 aliphatic rings. The van der Waals surface area contributed by atoms with Crippen LogP contribution in [0, 0.1) is 0 Å². The Bertz CT molecular complexity index is 1000. The Morgan fingerprint density at radius 3 is 2.85 bits per heavy atom. The Kier molecular flexibility index (Phi) is 5.56. The number of aromatic nitrogens is 6. The monoisotopic (exact) mass is 410 g/mol. The van der Waals surface area contributed by atoms with E-state index in [0.29, 0.717) is 31.1 Å². The van der Waals surface area contributed by atoms with E-state index >= 15 is 0 Å². The van der Waals surface area contributed by atoms with E-state index in [2.05, 4.69) is 25.8 Å². The van der Waals surface area contributed by atoms with Crippen molar-refractivity contribution in [1.82, 2.24) is 39.4 Å². The van der Waals surface area contributed by atoms with Crippen LogP contribution in [0.1, 0.15) is 11.9 Å². The maximum atomic E-state index is 13.3. The van der Waals surface area contributed by atoms with Gasteiger partial charge in [0.15, 0.2) is 0 Å². The van der Waals surface area contributed by atoms with Gasteiger partial charge in [-0.1, -0.05) is 6.07 Å². The van der Waals surface area contributed by atoms with Crippen LogP contribution in [0.25, 0.3) is 5.69 Å². The van der Waals surface area contributed by atoms with Crippen LogP contribution in [0.3, 0.4) is 0 Å². The zero-order valence-corrected chi connectivity index (χ0v) is 16.1. The highest BCUT2D eigenvalue weighted by atomic mass is 35.5. The molecule has 2 aromatic heterocycles. The minimum Gasteiger partial charge on any atom is -0.337 e. The van der Waals surface area contributed by atoms with E-state index in [1.54, 1.807) is 30.5 Å². The highest BCUT2D eigenvalue weighted by Crippen LogP contribution is 2.28. The van der Waals surface area contributed by atoms with Gasteiger partial charge in [0.1, 0.15) is 12.2 Å². The molecule has 12 heteroatoms. The van der Waals surface area contributed by atoms with Crippen molar-refractivity contribution in [2.45, 2.75) is 10.9 Å². The van der Waals surface area contributed by atoms with Crippen molar-refractivity contribution in [1.29, 1.82) is 0 Å². The fourth-order valence-corrected chi connectivity index (χ4v) is 4.72. The minimum absolute atomic E-state index is 0. The molecule has 27 heavy (non-hydrogen) atoms.